The molecular weight excluding hydrogens is 302 g/mol. The van der Waals surface area contributed by atoms with Crippen molar-refractivity contribution in [3.63, 3.8) is 0 Å². The van der Waals surface area contributed by atoms with Gasteiger partial charge in [-0.3, -0.25) is 4.90 Å². The highest BCUT2D eigenvalue weighted by Crippen LogP contribution is 2.13. The Bertz CT molecular complexity index is 484. The molecule has 17 heavy (non-hydrogen) atoms. The highest BCUT2D eigenvalue weighted by atomic mass is 79.9. The number of hydrogen-bond donors (Lipinski definition) is 0. The Hall–Kier alpha value is -0.920. The smallest absolute Gasteiger partial charge is 0.142 e. The Morgan fingerprint density at radius 3 is 2.59 bits per heavy atom. The molecule has 2 aromatic heterocycles. The number of aromatic nitrogens is 4. The van der Waals surface area contributed by atoms with Crippen LogP contribution in [-0.4, -0.2) is 31.5 Å². The summed E-state index contributed by atoms with van der Waals surface area (Å²) < 4.78 is 4.82. The Balaban J connectivity index is 1.95. The van der Waals surface area contributed by atoms with Crippen molar-refractivity contribution in [3.05, 3.63) is 33.3 Å². The predicted octanol–water partition coefficient (Wildman–Crippen LogP) is 2.03. The second-order valence-corrected chi connectivity index (χ2v) is 5.53. The lowest BCUT2D eigenvalue weighted by Crippen LogP contribution is -2.18. The van der Waals surface area contributed by atoms with Crippen LogP contribution in [-0.2, 0) is 13.1 Å². The maximum absolute atomic E-state index is 4.24. The number of rotatable bonds is 4. The average Bonchev–Trinajstić information content (AvgIpc) is 2.68. The minimum Gasteiger partial charge on any atom is -0.294 e. The van der Waals surface area contributed by atoms with Crippen LogP contribution in [0.1, 0.15) is 16.4 Å². The van der Waals surface area contributed by atoms with Crippen molar-refractivity contribution in [1.82, 2.24) is 24.5 Å². The van der Waals surface area contributed by atoms with E-state index in [2.05, 4.69) is 40.4 Å². The Labute approximate surface area is 112 Å². The summed E-state index contributed by atoms with van der Waals surface area (Å²) in [4.78, 5) is 11.8. The molecule has 0 spiro atoms. The first kappa shape index (κ1) is 12.5. The van der Waals surface area contributed by atoms with Gasteiger partial charge in [-0.25, -0.2) is 9.97 Å². The molecular formula is C10H12BrN5S. The van der Waals surface area contributed by atoms with Gasteiger partial charge < -0.3 is 0 Å². The Kier molecular flexibility index (Phi) is 4.14. The van der Waals surface area contributed by atoms with Crippen molar-refractivity contribution >= 4 is 27.5 Å². The van der Waals surface area contributed by atoms with Crippen LogP contribution in [0.25, 0.3) is 0 Å². The monoisotopic (exact) mass is 313 g/mol. The van der Waals surface area contributed by atoms with Gasteiger partial charge in [-0.2, -0.15) is 0 Å². The molecule has 7 heteroatoms. The fourth-order valence-electron chi connectivity index (χ4n) is 1.36. The molecule has 2 rings (SSSR count). The van der Waals surface area contributed by atoms with Gasteiger partial charge in [-0.05, 0) is 41.4 Å². The molecule has 0 N–H and O–H groups in total. The van der Waals surface area contributed by atoms with E-state index < -0.39 is 0 Å². The standard InChI is InChI=1S/C10H12BrN5S/c1-7-9(17-15-14-7)5-16(2)6-10-12-3-8(11)4-13-10/h3-4H,5-6H2,1-2H3. The van der Waals surface area contributed by atoms with Crippen molar-refractivity contribution in [2.24, 2.45) is 0 Å². The first-order valence-corrected chi connectivity index (χ1v) is 6.64. The van der Waals surface area contributed by atoms with Gasteiger partial charge in [-0.1, -0.05) is 4.49 Å². The van der Waals surface area contributed by atoms with Crippen LogP contribution in [0.4, 0.5) is 0 Å². The quantitative estimate of drug-likeness (QED) is 0.864. The third-order valence-corrected chi connectivity index (χ3v) is 3.46. The molecule has 0 aliphatic rings. The van der Waals surface area contributed by atoms with Crippen LogP contribution >= 0.6 is 27.5 Å². The lowest BCUT2D eigenvalue weighted by atomic mass is 10.3. The summed E-state index contributed by atoms with van der Waals surface area (Å²) in [5, 5.41) is 3.99. The zero-order chi connectivity index (χ0) is 12.3. The topological polar surface area (TPSA) is 54.8 Å². The molecule has 0 fully saturated rings. The highest BCUT2D eigenvalue weighted by molar-refractivity contribution is 9.10. The van der Waals surface area contributed by atoms with Gasteiger partial charge in [0.25, 0.3) is 0 Å². The summed E-state index contributed by atoms with van der Waals surface area (Å²) >= 11 is 4.76. The molecule has 0 aromatic carbocycles. The second kappa shape index (κ2) is 5.61. The van der Waals surface area contributed by atoms with Crippen LogP contribution in [0.2, 0.25) is 0 Å². The molecule has 0 aliphatic carbocycles. The maximum Gasteiger partial charge on any atom is 0.142 e. The summed E-state index contributed by atoms with van der Waals surface area (Å²) in [6.45, 7) is 3.51. The molecule has 0 atom stereocenters. The molecule has 0 aliphatic heterocycles. The third-order valence-electron chi connectivity index (χ3n) is 2.24. The minimum absolute atomic E-state index is 0.713. The largest absolute Gasteiger partial charge is 0.294 e. The van der Waals surface area contributed by atoms with E-state index in [1.807, 2.05) is 14.0 Å². The van der Waals surface area contributed by atoms with E-state index in [0.717, 1.165) is 22.5 Å². The Morgan fingerprint density at radius 2 is 2.00 bits per heavy atom. The van der Waals surface area contributed by atoms with Gasteiger partial charge >= 0.3 is 0 Å². The summed E-state index contributed by atoms with van der Waals surface area (Å²) in [6, 6.07) is 0. The lowest BCUT2D eigenvalue weighted by Gasteiger charge is -2.14. The van der Waals surface area contributed by atoms with Crippen LogP contribution in [0, 0.1) is 6.92 Å². The zero-order valence-electron chi connectivity index (χ0n) is 9.59. The fraction of sp³-hybridized carbons (Fsp3) is 0.400. The van der Waals surface area contributed by atoms with Crippen molar-refractivity contribution < 1.29 is 0 Å². The van der Waals surface area contributed by atoms with E-state index in [0.29, 0.717) is 6.54 Å². The zero-order valence-corrected chi connectivity index (χ0v) is 12.0. The normalized spacial score (nSPS) is 11.1. The number of hydrogen-bond acceptors (Lipinski definition) is 6. The number of aryl methyl sites for hydroxylation is 1. The van der Waals surface area contributed by atoms with Gasteiger partial charge in [0.2, 0.25) is 0 Å². The molecule has 90 valence electrons. The number of nitrogens with zero attached hydrogens (tertiary/aromatic N) is 5. The van der Waals surface area contributed by atoms with Gasteiger partial charge in [0, 0.05) is 18.9 Å². The van der Waals surface area contributed by atoms with E-state index in [9.17, 15) is 0 Å². The van der Waals surface area contributed by atoms with Crippen molar-refractivity contribution in [2.75, 3.05) is 7.05 Å². The van der Waals surface area contributed by atoms with E-state index >= 15 is 0 Å². The first-order valence-electron chi connectivity index (χ1n) is 5.08. The highest BCUT2D eigenvalue weighted by Gasteiger charge is 2.08. The van der Waals surface area contributed by atoms with Crippen LogP contribution in [0.5, 0.6) is 0 Å². The predicted molar refractivity (Wildman–Crippen MR) is 69.5 cm³/mol. The summed E-state index contributed by atoms with van der Waals surface area (Å²) in [7, 11) is 2.03. The SMILES string of the molecule is Cc1nnsc1CN(C)Cc1ncc(Br)cn1. The minimum atomic E-state index is 0.713. The first-order chi connectivity index (χ1) is 8.15. The molecule has 0 bridgehead atoms. The molecule has 0 radical (unpaired) electrons. The molecule has 2 heterocycles. The molecule has 2 aromatic rings. The maximum atomic E-state index is 4.24. The second-order valence-electron chi connectivity index (χ2n) is 3.77. The van der Waals surface area contributed by atoms with E-state index in [-0.39, 0.29) is 0 Å². The van der Waals surface area contributed by atoms with E-state index in [1.54, 1.807) is 12.4 Å². The molecule has 0 saturated carbocycles. The number of halogens is 1. The van der Waals surface area contributed by atoms with Crippen LogP contribution in [0.15, 0.2) is 16.9 Å². The van der Waals surface area contributed by atoms with Crippen LogP contribution in [0.3, 0.4) is 0 Å². The van der Waals surface area contributed by atoms with Gasteiger partial charge in [0.05, 0.1) is 21.6 Å². The molecule has 0 unspecified atom stereocenters. The third kappa shape index (κ3) is 3.52. The van der Waals surface area contributed by atoms with Gasteiger partial charge in [0.1, 0.15) is 5.82 Å². The van der Waals surface area contributed by atoms with Crippen LogP contribution < -0.4 is 0 Å². The summed E-state index contributed by atoms with van der Waals surface area (Å²) in [5.74, 6) is 0.811. The average molecular weight is 314 g/mol. The van der Waals surface area contributed by atoms with Crippen molar-refractivity contribution in [1.29, 1.82) is 0 Å². The molecule has 0 amide bonds. The summed E-state index contributed by atoms with van der Waals surface area (Å²) in [6.07, 6.45) is 3.52. The van der Waals surface area contributed by atoms with Crippen molar-refractivity contribution in [2.45, 2.75) is 20.0 Å². The fourth-order valence-corrected chi connectivity index (χ4v) is 2.28. The summed E-state index contributed by atoms with van der Waals surface area (Å²) in [5.41, 5.74) is 0.999. The van der Waals surface area contributed by atoms with E-state index in [4.69, 9.17) is 0 Å². The van der Waals surface area contributed by atoms with Gasteiger partial charge in [-0.15, -0.1) is 5.10 Å². The molecule has 5 nitrogen and oxygen atoms in total. The molecule has 0 saturated heterocycles. The lowest BCUT2D eigenvalue weighted by molar-refractivity contribution is 0.312. The Morgan fingerprint density at radius 1 is 1.29 bits per heavy atom. The van der Waals surface area contributed by atoms with E-state index in [1.165, 1.54) is 16.4 Å². The van der Waals surface area contributed by atoms with Gasteiger partial charge in [0.15, 0.2) is 0 Å². The van der Waals surface area contributed by atoms with Crippen molar-refractivity contribution in [3.8, 4) is 0 Å².